The zero-order valence-electron chi connectivity index (χ0n) is 11.6. The van der Waals surface area contributed by atoms with Crippen molar-refractivity contribution >= 4 is 15.9 Å². The number of hydrogen-bond acceptors (Lipinski definition) is 3. The molecule has 1 atom stereocenters. The van der Waals surface area contributed by atoms with Gasteiger partial charge in [-0.05, 0) is 17.8 Å². The summed E-state index contributed by atoms with van der Waals surface area (Å²) in [6.45, 7) is 10.4. The minimum absolute atomic E-state index is 0.290. The molecule has 0 spiro atoms. The third-order valence-corrected chi connectivity index (χ3v) is 3.52. The Morgan fingerprint density at radius 3 is 2.18 bits per heavy atom. The van der Waals surface area contributed by atoms with Crippen LogP contribution in [-0.2, 0) is 14.2 Å². The number of methoxy groups -OCH3 is 1. The number of halogens is 1. The Morgan fingerprint density at radius 2 is 1.65 bits per heavy atom. The number of ether oxygens (including phenoxy) is 3. The minimum Gasteiger partial charge on any atom is -0.382 e. The van der Waals surface area contributed by atoms with Gasteiger partial charge in [0.25, 0.3) is 0 Å². The molecule has 0 rings (SSSR count). The van der Waals surface area contributed by atoms with Gasteiger partial charge in [-0.2, -0.15) is 0 Å². The highest BCUT2D eigenvalue weighted by molar-refractivity contribution is 9.09. The molecule has 0 heterocycles. The largest absolute Gasteiger partial charge is 0.382 e. The molecule has 0 saturated heterocycles. The lowest BCUT2D eigenvalue weighted by Crippen LogP contribution is -2.26. The summed E-state index contributed by atoms with van der Waals surface area (Å²) in [4.78, 5) is 0. The van der Waals surface area contributed by atoms with Gasteiger partial charge in [-0.3, -0.25) is 0 Å². The van der Waals surface area contributed by atoms with Crippen LogP contribution in [0.1, 0.15) is 27.2 Å². The zero-order chi connectivity index (χ0) is 13.1. The van der Waals surface area contributed by atoms with Crippen LogP contribution in [0.25, 0.3) is 0 Å². The maximum absolute atomic E-state index is 5.68. The highest BCUT2D eigenvalue weighted by Gasteiger charge is 2.23. The monoisotopic (exact) mass is 310 g/mol. The predicted octanol–water partition coefficient (Wildman–Crippen LogP) is 3.11. The van der Waals surface area contributed by atoms with Gasteiger partial charge in [0, 0.05) is 25.7 Å². The lowest BCUT2D eigenvalue weighted by Gasteiger charge is -2.28. The second kappa shape index (κ2) is 10.3. The van der Waals surface area contributed by atoms with Crippen LogP contribution in [0.5, 0.6) is 0 Å². The molecule has 3 nitrogen and oxygen atoms in total. The standard InChI is InChI=1S/C13H27BrO3/c1-13(2,3)12(10-14)11-17-7-5-6-16-9-8-15-4/h12H,5-11H2,1-4H3. The molecular weight excluding hydrogens is 284 g/mol. The maximum Gasteiger partial charge on any atom is 0.0700 e. The molecule has 1 unspecified atom stereocenters. The summed E-state index contributed by atoms with van der Waals surface area (Å²) in [5, 5.41) is 0.987. The Morgan fingerprint density at radius 1 is 1.00 bits per heavy atom. The first kappa shape index (κ1) is 17.4. The van der Waals surface area contributed by atoms with E-state index in [9.17, 15) is 0 Å². The Balaban J connectivity index is 3.38. The summed E-state index contributed by atoms with van der Waals surface area (Å²) in [6, 6.07) is 0. The van der Waals surface area contributed by atoms with Gasteiger partial charge in [0.05, 0.1) is 19.8 Å². The van der Waals surface area contributed by atoms with E-state index in [-0.39, 0.29) is 0 Å². The van der Waals surface area contributed by atoms with Crippen molar-refractivity contribution in [1.82, 2.24) is 0 Å². The van der Waals surface area contributed by atoms with Gasteiger partial charge in [-0.1, -0.05) is 36.7 Å². The normalized spacial score (nSPS) is 13.9. The van der Waals surface area contributed by atoms with Crippen molar-refractivity contribution in [3.63, 3.8) is 0 Å². The van der Waals surface area contributed by atoms with E-state index in [1.165, 1.54) is 0 Å². The van der Waals surface area contributed by atoms with E-state index in [4.69, 9.17) is 14.2 Å². The van der Waals surface area contributed by atoms with Crippen LogP contribution < -0.4 is 0 Å². The molecular formula is C13H27BrO3. The van der Waals surface area contributed by atoms with Crippen molar-refractivity contribution in [3.8, 4) is 0 Å². The number of hydrogen-bond donors (Lipinski definition) is 0. The molecule has 0 fully saturated rings. The summed E-state index contributed by atoms with van der Waals surface area (Å²) >= 11 is 3.54. The van der Waals surface area contributed by atoms with Crippen LogP contribution in [0, 0.1) is 11.3 Å². The summed E-state index contributed by atoms with van der Waals surface area (Å²) in [7, 11) is 1.68. The highest BCUT2D eigenvalue weighted by Crippen LogP contribution is 2.27. The lowest BCUT2D eigenvalue weighted by molar-refractivity contribution is 0.0342. The Labute approximate surface area is 114 Å². The fourth-order valence-corrected chi connectivity index (χ4v) is 2.42. The van der Waals surface area contributed by atoms with Gasteiger partial charge in [0.15, 0.2) is 0 Å². The number of alkyl halides is 1. The van der Waals surface area contributed by atoms with Gasteiger partial charge < -0.3 is 14.2 Å². The van der Waals surface area contributed by atoms with Gasteiger partial charge in [-0.15, -0.1) is 0 Å². The zero-order valence-corrected chi connectivity index (χ0v) is 13.2. The molecule has 0 aromatic rings. The van der Waals surface area contributed by atoms with E-state index in [1.54, 1.807) is 7.11 Å². The van der Waals surface area contributed by atoms with Crippen LogP contribution in [0.3, 0.4) is 0 Å². The molecule has 4 heteroatoms. The molecule has 0 aliphatic rings. The van der Waals surface area contributed by atoms with Crippen LogP contribution in [0.15, 0.2) is 0 Å². The van der Waals surface area contributed by atoms with E-state index < -0.39 is 0 Å². The van der Waals surface area contributed by atoms with Gasteiger partial charge >= 0.3 is 0 Å². The van der Waals surface area contributed by atoms with Crippen molar-refractivity contribution in [2.45, 2.75) is 27.2 Å². The smallest absolute Gasteiger partial charge is 0.0700 e. The molecule has 0 amide bonds. The van der Waals surface area contributed by atoms with Crippen LogP contribution in [0.4, 0.5) is 0 Å². The van der Waals surface area contributed by atoms with Crippen molar-refractivity contribution in [3.05, 3.63) is 0 Å². The second-order valence-electron chi connectivity index (χ2n) is 5.25. The van der Waals surface area contributed by atoms with Crippen molar-refractivity contribution in [2.75, 3.05) is 45.5 Å². The molecule has 0 aromatic heterocycles. The van der Waals surface area contributed by atoms with Crippen LogP contribution in [-0.4, -0.2) is 45.5 Å². The number of rotatable bonds is 10. The molecule has 0 bridgehead atoms. The molecule has 0 saturated carbocycles. The molecule has 0 radical (unpaired) electrons. The molecule has 104 valence electrons. The van der Waals surface area contributed by atoms with Crippen molar-refractivity contribution in [2.24, 2.45) is 11.3 Å². The minimum atomic E-state index is 0.290. The van der Waals surface area contributed by atoms with Crippen LogP contribution >= 0.6 is 15.9 Å². The Hall–Kier alpha value is 0.360. The summed E-state index contributed by atoms with van der Waals surface area (Å²) < 4.78 is 15.9. The third kappa shape index (κ3) is 10.0. The Kier molecular flexibility index (Phi) is 10.5. The molecule has 0 N–H and O–H groups in total. The van der Waals surface area contributed by atoms with Crippen LogP contribution in [0.2, 0.25) is 0 Å². The first-order chi connectivity index (χ1) is 8.02. The molecule has 0 aliphatic heterocycles. The van der Waals surface area contributed by atoms with E-state index in [2.05, 4.69) is 36.7 Å². The predicted molar refractivity (Wildman–Crippen MR) is 74.9 cm³/mol. The molecule has 0 aliphatic carbocycles. The SMILES string of the molecule is COCCOCCCOCC(CBr)C(C)(C)C. The van der Waals surface area contributed by atoms with E-state index in [0.29, 0.717) is 24.5 Å². The van der Waals surface area contributed by atoms with Gasteiger partial charge in [0.2, 0.25) is 0 Å². The molecule has 0 aromatic carbocycles. The fraction of sp³-hybridized carbons (Fsp3) is 1.00. The van der Waals surface area contributed by atoms with Gasteiger partial charge in [0.1, 0.15) is 0 Å². The fourth-order valence-electron chi connectivity index (χ4n) is 1.26. The summed E-state index contributed by atoms with van der Waals surface area (Å²) in [6.07, 6.45) is 0.947. The topological polar surface area (TPSA) is 27.7 Å². The van der Waals surface area contributed by atoms with E-state index in [1.807, 2.05) is 0 Å². The van der Waals surface area contributed by atoms with E-state index in [0.717, 1.165) is 31.6 Å². The third-order valence-electron chi connectivity index (χ3n) is 2.74. The highest BCUT2D eigenvalue weighted by atomic mass is 79.9. The first-order valence-electron chi connectivity index (χ1n) is 6.22. The summed E-state index contributed by atoms with van der Waals surface area (Å²) in [5.41, 5.74) is 0.290. The van der Waals surface area contributed by atoms with Gasteiger partial charge in [-0.25, -0.2) is 0 Å². The lowest BCUT2D eigenvalue weighted by atomic mass is 9.83. The second-order valence-corrected chi connectivity index (χ2v) is 5.90. The maximum atomic E-state index is 5.68. The quantitative estimate of drug-likeness (QED) is 0.458. The molecule has 17 heavy (non-hydrogen) atoms. The first-order valence-corrected chi connectivity index (χ1v) is 7.35. The van der Waals surface area contributed by atoms with E-state index >= 15 is 0 Å². The van der Waals surface area contributed by atoms with Crippen molar-refractivity contribution in [1.29, 1.82) is 0 Å². The average Bonchev–Trinajstić information content (AvgIpc) is 2.25. The van der Waals surface area contributed by atoms with Crippen molar-refractivity contribution < 1.29 is 14.2 Å². The average molecular weight is 311 g/mol. The Bertz CT molecular complexity index is 169. The summed E-state index contributed by atoms with van der Waals surface area (Å²) in [5.74, 6) is 0.553.